The lowest BCUT2D eigenvalue weighted by Crippen LogP contribution is -2.48. The van der Waals surface area contributed by atoms with Crippen molar-refractivity contribution in [2.45, 2.75) is 52.1 Å². The average Bonchev–Trinajstić information content (AvgIpc) is 2.43. The average molecular weight is 390 g/mol. The Hall–Kier alpha value is -2.65. The number of alkyl carbamates (subject to hydrolysis) is 1. The Morgan fingerprint density at radius 2 is 1.67 bits per heavy atom. The zero-order chi connectivity index (χ0) is 20.9. The minimum Gasteiger partial charge on any atom is -0.444 e. The van der Waals surface area contributed by atoms with Crippen LogP contribution in [0.25, 0.3) is 0 Å². The standard InChI is InChI=1S/C17H25F3N4O3/c1-15(2,3)27-14(25)24-16(4,5)10-22-13(21)23-11-6-8-12(9-7-11)26-17(18,19)20/h6-9H,10H2,1-5H3,(H,24,25)(H3,21,22,23). The molecular weight excluding hydrogens is 365 g/mol. The number of carbonyl (C=O) groups is 1. The van der Waals surface area contributed by atoms with Crippen LogP contribution in [0.1, 0.15) is 34.6 Å². The molecule has 0 saturated carbocycles. The van der Waals surface area contributed by atoms with E-state index in [2.05, 4.69) is 20.4 Å². The van der Waals surface area contributed by atoms with Gasteiger partial charge in [0.15, 0.2) is 5.96 Å². The fourth-order valence-corrected chi connectivity index (χ4v) is 1.83. The molecule has 0 radical (unpaired) electrons. The van der Waals surface area contributed by atoms with Gasteiger partial charge in [-0.05, 0) is 58.9 Å². The monoisotopic (exact) mass is 390 g/mol. The minimum atomic E-state index is -4.75. The third-order valence-corrected chi connectivity index (χ3v) is 2.84. The Morgan fingerprint density at radius 3 is 2.15 bits per heavy atom. The number of anilines is 1. The van der Waals surface area contributed by atoms with Gasteiger partial charge in [0.1, 0.15) is 11.4 Å². The number of alkyl halides is 3. The number of halogens is 3. The molecule has 1 aromatic carbocycles. The number of hydrogen-bond acceptors (Lipinski definition) is 4. The van der Waals surface area contributed by atoms with Crippen LogP contribution in [0.2, 0.25) is 0 Å². The maximum Gasteiger partial charge on any atom is 0.573 e. The first-order chi connectivity index (χ1) is 12.2. The quantitative estimate of drug-likeness (QED) is 0.527. The van der Waals surface area contributed by atoms with Gasteiger partial charge >= 0.3 is 12.5 Å². The molecule has 0 unspecified atom stereocenters. The molecule has 27 heavy (non-hydrogen) atoms. The van der Waals surface area contributed by atoms with Crippen molar-refractivity contribution in [1.29, 1.82) is 0 Å². The molecule has 0 aliphatic heterocycles. The van der Waals surface area contributed by atoms with E-state index >= 15 is 0 Å². The number of amides is 1. The lowest BCUT2D eigenvalue weighted by molar-refractivity contribution is -0.274. The highest BCUT2D eigenvalue weighted by molar-refractivity contribution is 5.92. The Balaban J connectivity index is 2.59. The molecule has 0 atom stereocenters. The number of ether oxygens (including phenoxy) is 2. The van der Waals surface area contributed by atoms with Gasteiger partial charge in [-0.15, -0.1) is 13.2 Å². The van der Waals surface area contributed by atoms with Crippen molar-refractivity contribution >= 4 is 17.7 Å². The maximum atomic E-state index is 12.1. The number of hydrogen-bond donors (Lipinski definition) is 3. The number of nitrogens with one attached hydrogen (secondary N) is 2. The smallest absolute Gasteiger partial charge is 0.444 e. The summed E-state index contributed by atoms with van der Waals surface area (Å²) in [4.78, 5) is 15.9. The minimum absolute atomic E-state index is 0.0403. The number of guanidine groups is 1. The summed E-state index contributed by atoms with van der Waals surface area (Å²) in [5, 5.41) is 5.43. The van der Waals surface area contributed by atoms with Crippen molar-refractivity contribution in [2.75, 3.05) is 11.9 Å². The summed E-state index contributed by atoms with van der Waals surface area (Å²) in [7, 11) is 0. The topological polar surface area (TPSA) is 98.0 Å². The fraction of sp³-hybridized carbons (Fsp3) is 0.529. The summed E-state index contributed by atoms with van der Waals surface area (Å²) in [5.74, 6) is -0.301. The summed E-state index contributed by atoms with van der Waals surface area (Å²) in [5.41, 5.74) is 4.86. The number of aliphatic imine (C=N–C) groups is 1. The van der Waals surface area contributed by atoms with Crippen LogP contribution < -0.4 is 21.1 Å². The van der Waals surface area contributed by atoms with E-state index in [0.29, 0.717) is 5.69 Å². The van der Waals surface area contributed by atoms with E-state index in [-0.39, 0.29) is 18.3 Å². The molecule has 0 fully saturated rings. The van der Waals surface area contributed by atoms with E-state index in [0.717, 1.165) is 12.1 Å². The first kappa shape index (κ1) is 22.4. The summed E-state index contributed by atoms with van der Waals surface area (Å²) in [6.45, 7) is 8.91. The van der Waals surface area contributed by atoms with Gasteiger partial charge in [-0.25, -0.2) is 4.79 Å². The largest absolute Gasteiger partial charge is 0.573 e. The van der Waals surface area contributed by atoms with Crippen molar-refractivity contribution in [3.05, 3.63) is 24.3 Å². The number of rotatable bonds is 5. The molecular formula is C17H25F3N4O3. The molecule has 1 aromatic rings. The SMILES string of the molecule is CC(C)(CN=C(N)Nc1ccc(OC(F)(F)F)cc1)NC(=O)OC(C)(C)C. The zero-order valence-electron chi connectivity index (χ0n) is 15.9. The molecule has 1 amide bonds. The normalized spacial score (nSPS) is 13.1. The van der Waals surface area contributed by atoms with Crippen LogP contribution in [-0.2, 0) is 4.74 Å². The highest BCUT2D eigenvalue weighted by atomic mass is 19.4. The Morgan fingerprint density at radius 1 is 1.11 bits per heavy atom. The zero-order valence-corrected chi connectivity index (χ0v) is 15.9. The first-order valence-electron chi connectivity index (χ1n) is 8.09. The predicted molar refractivity (Wildman–Crippen MR) is 96.7 cm³/mol. The second kappa shape index (κ2) is 8.36. The molecule has 0 aliphatic carbocycles. The van der Waals surface area contributed by atoms with Gasteiger partial charge < -0.3 is 25.8 Å². The molecule has 10 heteroatoms. The molecule has 4 N–H and O–H groups in total. The molecule has 0 heterocycles. The van der Waals surface area contributed by atoms with Gasteiger partial charge in [0.25, 0.3) is 0 Å². The molecule has 0 aromatic heterocycles. The van der Waals surface area contributed by atoms with Crippen LogP contribution in [0.3, 0.4) is 0 Å². The molecule has 0 aliphatic rings. The van der Waals surface area contributed by atoms with Crippen molar-refractivity contribution in [3.8, 4) is 5.75 Å². The lowest BCUT2D eigenvalue weighted by Gasteiger charge is -2.27. The highest BCUT2D eigenvalue weighted by Gasteiger charge is 2.31. The second-order valence-corrected chi connectivity index (χ2v) is 7.41. The van der Waals surface area contributed by atoms with Gasteiger partial charge in [0.2, 0.25) is 0 Å². The van der Waals surface area contributed by atoms with Gasteiger partial charge in [0.05, 0.1) is 12.1 Å². The summed E-state index contributed by atoms with van der Waals surface area (Å²) in [6, 6.07) is 5.04. The number of nitrogens with two attached hydrogens (primary N) is 1. The van der Waals surface area contributed by atoms with Crippen LogP contribution in [0.4, 0.5) is 23.7 Å². The van der Waals surface area contributed by atoms with E-state index < -0.39 is 23.6 Å². The molecule has 0 saturated heterocycles. The number of carbonyl (C=O) groups excluding carboxylic acids is 1. The van der Waals surface area contributed by atoms with Gasteiger partial charge in [-0.2, -0.15) is 0 Å². The molecule has 0 spiro atoms. The second-order valence-electron chi connectivity index (χ2n) is 7.41. The van der Waals surface area contributed by atoms with Crippen LogP contribution in [0, 0.1) is 0 Å². The van der Waals surface area contributed by atoms with Gasteiger partial charge in [-0.1, -0.05) is 0 Å². The van der Waals surface area contributed by atoms with E-state index in [1.165, 1.54) is 12.1 Å². The summed E-state index contributed by atoms with van der Waals surface area (Å²) < 4.78 is 45.4. The molecule has 7 nitrogen and oxygen atoms in total. The molecule has 1 rings (SSSR count). The molecule has 0 bridgehead atoms. The number of benzene rings is 1. The maximum absolute atomic E-state index is 12.1. The van der Waals surface area contributed by atoms with Crippen molar-refractivity contribution < 1.29 is 27.4 Å². The molecule has 152 valence electrons. The number of nitrogens with zero attached hydrogens (tertiary/aromatic N) is 1. The van der Waals surface area contributed by atoms with Crippen LogP contribution >= 0.6 is 0 Å². The van der Waals surface area contributed by atoms with E-state index in [9.17, 15) is 18.0 Å². The van der Waals surface area contributed by atoms with Crippen LogP contribution in [0.5, 0.6) is 5.75 Å². The van der Waals surface area contributed by atoms with E-state index in [1.54, 1.807) is 34.6 Å². The highest BCUT2D eigenvalue weighted by Crippen LogP contribution is 2.23. The van der Waals surface area contributed by atoms with Gasteiger partial charge in [0, 0.05) is 5.69 Å². The van der Waals surface area contributed by atoms with Crippen molar-refractivity contribution in [3.63, 3.8) is 0 Å². The lowest BCUT2D eigenvalue weighted by atomic mass is 10.1. The van der Waals surface area contributed by atoms with Crippen molar-refractivity contribution in [2.24, 2.45) is 10.7 Å². The van der Waals surface area contributed by atoms with Crippen LogP contribution in [0.15, 0.2) is 29.3 Å². The van der Waals surface area contributed by atoms with Crippen molar-refractivity contribution in [1.82, 2.24) is 5.32 Å². The summed E-state index contributed by atoms with van der Waals surface area (Å²) in [6.07, 6.45) is -5.32. The third-order valence-electron chi connectivity index (χ3n) is 2.84. The Labute approximate surface area is 156 Å². The Kier molecular flexibility index (Phi) is 6.93. The van der Waals surface area contributed by atoms with Crippen LogP contribution in [-0.4, -0.2) is 36.1 Å². The van der Waals surface area contributed by atoms with Gasteiger partial charge in [-0.3, -0.25) is 4.99 Å². The first-order valence-corrected chi connectivity index (χ1v) is 8.09. The third kappa shape index (κ3) is 10.2. The summed E-state index contributed by atoms with van der Waals surface area (Å²) >= 11 is 0. The predicted octanol–water partition coefficient (Wildman–Crippen LogP) is 3.62. The fourth-order valence-electron chi connectivity index (χ4n) is 1.83. The van der Waals surface area contributed by atoms with E-state index in [1.807, 2.05) is 0 Å². The Bertz CT molecular complexity index is 665. The van der Waals surface area contributed by atoms with E-state index in [4.69, 9.17) is 10.5 Å².